The lowest BCUT2D eigenvalue weighted by Crippen LogP contribution is -2.35. The summed E-state index contributed by atoms with van der Waals surface area (Å²) in [6, 6.07) is 0. The highest BCUT2D eigenvalue weighted by molar-refractivity contribution is 5.22. The Hall–Kier alpha value is -1.95. The second-order valence-electron chi connectivity index (χ2n) is 5.63. The van der Waals surface area contributed by atoms with Gasteiger partial charge in [0.1, 0.15) is 5.82 Å². The third kappa shape index (κ3) is 2.76. The summed E-state index contributed by atoms with van der Waals surface area (Å²) < 4.78 is 1.96. The summed E-state index contributed by atoms with van der Waals surface area (Å²) in [5.41, 5.74) is 4.07. The fraction of sp³-hybridized carbons (Fsp3) is 0.533. The first-order chi connectivity index (χ1) is 10.1. The molecular formula is C15H21N5O. The van der Waals surface area contributed by atoms with Crippen molar-refractivity contribution in [3.8, 4) is 0 Å². The van der Waals surface area contributed by atoms with E-state index in [1.807, 2.05) is 18.5 Å². The molecule has 0 aliphatic carbocycles. The summed E-state index contributed by atoms with van der Waals surface area (Å²) in [5, 5.41) is 4.48. The van der Waals surface area contributed by atoms with E-state index in [-0.39, 0.29) is 5.56 Å². The first-order valence-corrected chi connectivity index (χ1v) is 7.40. The molecule has 0 saturated heterocycles. The number of fused-ring (bicyclic) bond motifs is 1. The average Bonchev–Trinajstić information content (AvgIpc) is 2.80. The van der Waals surface area contributed by atoms with Crippen molar-refractivity contribution in [2.45, 2.75) is 46.8 Å². The Morgan fingerprint density at radius 2 is 2.19 bits per heavy atom. The molecule has 0 saturated carbocycles. The van der Waals surface area contributed by atoms with Gasteiger partial charge in [0.25, 0.3) is 5.56 Å². The van der Waals surface area contributed by atoms with Gasteiger partial charge < -0.3 is 4.98 Å². The maximum Gasteiger partial charge on any atom is 0.255 e. The Labute approximate surface area is 123 Å². The smallest absolute Gasteiger partial charge is 0.255 e. The number of hydrogen-bond acceptors (Lipinski definition) is 4. The standard InChI is InChI=1S/C15H21N5O/c1-4-20-8-12(10(2)18-20)7-19-6-5-14-13(9-19)15(21)17-11(3)16-14/h8H,4-7,9H2,1-3H3,(H,16,17,21). The van der Waals surface area contributed by atoms with E-state index in [9.17, 15) is 4.79 Å². The van der Waals surface area contributed by atoms with Crippen molar-refractivity contribution in [3.05, 3.63) is 44.9 Å². The fourth-order valence-electron chi connectivity index (χ4n) is 2.86. The minimum absolute atomic E-state index is 0.00294. The number of aryl methyl sites for hydroxylation is 3. The van der Waals surface area contributed by atoms with Crippen molar-refractivity contribution < 1.29 is 0 Å². The van der Waals surface area contributed by atoms with E-state index in [0.29, 0.717) is 12.4 Å². The number of nitrogens with one attached hydrogen (secondary N) is 1. The highest BCUT2D eigenvalue weighted by Gasteiger charge is 2.21. The van der Waals surface area contributed by atoms with Crippen LogP contribution in [0.3, 0.4) is 0 Å². The Morgan fingerprint density at radius 3 is 2.90 bits per heavy atom. The molecule has 6 nitrogen and oxygen atoms in total. The van der Waals surface area contributed by atoms with Crippen LogP contribution in [0.5, 0.6) is 0 Å². The van der Waals surface area contributed by atoms with Crippen molar-refractivity contribution in [2.75, 3.05) is 6.54 Å². The molecule has 0 radical (unpaired) electrons. The Bertz CT molecular complexity index is 715. The summed E-state index contributed by atoms with van der Waals surface area (Å²) in [6.45, 7) is 9.26. The molecule has 0 fully saturated rings. The largest absolute Gasteiger partial charge is 0.310 e. The SMILES string of the molecule is CCn1cc(CN2CCc3nc(C)[nH]c(=O)c3C2)c(C)n1. The third-order valence-corrected chi connectivity index (χ3v) is 4.03. The zero-order chi connectivity index (χ0) is 15.0. The molecule has 1 aliphatic heterocycles. The Kier molecular flexibility index (Phi) is 3.63. The van der Waals surface area contributed by atoms with Gasteiger partial charge in [-0.05, 0) is 20.8 Å². The molecule has 0 unspecified atom stereocenters. The van der Waals surface area contributed by atoms with Crippen LogP contribution in [0.15, 0.2) is 11.0 Å². The molecule has 1 N–H and O–H groups in total. The lowest BCUT2D eigenvalue weighted by Gasteiger charge is -2.27. The zero-order valence-corrected chi connectivity index (χ0v) is 12.8. The van der Waals surface area contributed by atoms with E-state index in [2.05, 4.69) is 33.1 Å². The maximum atomic E-state index is 12.1. The van der Waals surface area contributed by atoms with Gasteiger partial charge in [-0.15, -0.1) is 0 Å². The van der Waals surface area contributed by atoms with Gasteiger partial charge in [-0.1, -0.05) is 0 Å². The van der Waals surface area contributed by atoms with E-state index in [4.69, 9.17) is 0 Å². The van der Waals surface area contributed by atoms with Crippen LogP contribution in [-0.2, 0) is 26.1 Å². The van der Waals surface area contributed by atoms with E-state index in [1.165, 1.54) is 5.56 Å². The molecule has 3 rings (SSSR count). The number of rotatable bonds is 3. The van der Waals surface area contributed by atoms with Crippen LogP contribution >= 0.6 is 0 Å². The van der Waals surface area contributed by atoms with Crippen LogP contribution in [0.4, 0.5) is 0 Å². The van der Waals surface area contributed by atoms with Gasteiger partial charge in [0, 0.05) is 44.4 Å². The molecule has 0 amide bonds. The maximum absolute atomic E-state index is 12.1. The molecule has 2 aromatic rings. The first kappa shape index (κ1) is 14.0. The molecule has 0 aromatic carbocycles. The van der Waals surface area contributed by atoms with Gasteiger partial charge in [-0.25, -0.2) is 4.98 Å². The molecular weight excluding hydrogens is 266 g/mol. The van der Waals surface area contributed by atoms with Crippen molar-refractivity contribution >= 4 is 0 Å². The number of nitrogens with zero attached hydrogens (tertiary/aromatic N) is 4. The van der Waals surface area contributed by atoms with Crippen molar-refractivity contribution in [1.29, 1.82) is 0 Å². The minimum Gasteiger partial charge on any atom is -0.310 e. The van der Waals surface area contributed by atoms with Gasteiger partial charge in [0.05, 0.1) is 17.0 Å². The summed E-state index contributed by atoms with van der Waals surface area (Å²) in [7, 11) is 0. The molecule has 6 heteroatoms. The van der Waals surface area contributed by atoms with Crippen molar-refractivity contribution in [1.82, 2.24) is 24.6 Å². The van der Waals surface area contributed by atoms with E-state index >= 15 is 0 Å². The predicted octanol–water partition coefficient (Wildman–Crippen LogP) is 1.16. The number of aromatic amines is 1. The van der Waals surface area contributed by atoms with E-state index < -0.39 is 0 Å². The van der Waals surface area contributed by atoms with Crippen LogP contribution < -0.4 is 5.56 Å². The lowest BCUT2D eigenvalue weighted by molar-refractivity contribution is 0.241. The quantitative estimate of drug-likeness (QED) is 0.920. The molecule has 3 heterocycles. The normalized spacial score (nSPS) is 15.2. The number of H-pyrrole nitrogens is 1. The van der Waals surface area contributed by atoms with Crippen LogP contribution in [0, 0.1) is 13.8 Å². The highest BCUT2D eigenvalue weighted by Crippen LogP contribution is 2.17. The molecule has 0 spiro atoms. The topological polar surface area (TPSA) is 66.8 Å². The second-order valence-corrected chi connectivity index (χ2v) is 5.63. The lowest BCUT2D eigenvalue weighted by atomic mass is 10.1. The first-order valence-electron chi connectivity index (χ1n) is 7.40. The Balaban J connectivity index is 1.80. The van der Waals surface area contributed by atoms with Gasteiger partial charge in [-0.3, -0.25) is 14.4 Å². The molecule has 1 aliphatic rings. The summed E-state index contributed by atoms with van der Waals surface area (Å²) in [6.07, 6.45) is 2.93. The summed E-state index contributed by atoms with van der Waals surface area (Å²) >= 11 is 0. The van der Waals surface area contributed by atoms with E-state index in [0.717, 1.165) is 43.0 Å². The molecule has 0 bridgehead atoms. The van der Waals surface area contributed by atoms with Crippen LogP contribution in [0.1, 0.15) is 35.3 Å². The van der Waals surface area contributed by atoms with E-state index in [1.54, 1.807) is 0 Å². The molecule has 0 atom stereocenters. The molecule has 2 aromatic heterocycles. The van der Waals surface area contributed by atoms with Crippen molar-refractivity contribution in [2.24, 2.45) is 0 Å². The summed E-state index contributed by atoms with van der Waals surface area (Å²) in [5.74, 6) is 0.701. The van der Waals surface area contributed by atoms with Crippen LogP contribution in [-0.4, -0.2) is 31.2 Å². The third-order valence-electron chi connectivity index (χ3n) is 4.03. The number of aromatic nitrogens is 4. The molecule has 21 heavy (non-hydrogen) atoms. The minimum atomic E-state index is 0.00294. The van der Waals surface area contributed by atoms with Crippen molar-refractivity contribution in [3.63, 3.8) is 0 Å². The predicted molar refractivity (Wildman–Crippen MR) is 80.1 cm³/mol. The van der Waals surface area contributed by atoms with Crippen LogP contribution in [0.2, 0.25) is 0 Å². The summed E-state index contributed by atoms with van der Waals surface area (Å²) in [4.78, 5) is 21.6. The van der Waals surface area contributed by atoms with Gasteiger partial charge in [0.15, 0.2) is 0 Å². The number of hydrogen-bond donors (Lipinski definition) is 1. The second kappa shape index (κ2) is 5.44. The average molecular weight is 287 g/mol. The van der Waals surface area contributed by atoms with Gasteiger partial charge >= 0.3 is 0 Å². The Morgan fingerprint density at radius 1 is 1.38 bits per heavy atom. The van der Waals surface area contributed by atoms with Crippen LogP contribution in [0.25, 0.3) is 0 Å². The highest BCUT2D eigenvalue weighted by atomic mass is 16.1. The van der Waals surface area contributed by atoms with Gasteiger partial charge in [0.2, 0.25) is 0 Å². The monoisotopic (exact) mass is 287 g/mol. The zero-order valence-electron chi connectivity index (χ0n) is 12.8. The fourth-order valence-corrected chi connectivity index (χ4v) is 2.86. The molecule has 112 valence electrons. The van der Waals surface area contributed by atoms with Gasteiger partial charge in [-0.2, -0.15) is 5.10 Å².